The van der Waals surface area contributed by atoms with Crippen molar-refractivity contribution < 1.29 is 38.9 Å². The van der Waals surface area contributed by atoms with Gasteiger partial charge in [-0.1, -0.05) is 30.3 Å². The number of hydrogen-bond donors (Lipinski definition) is 4. The second-order valence-electron chi connectivity index (χ2n) is 9.64. The van der Waals surface area contributed by atoms with Crippen LogP contribution in [0, 0.1) is 0 Å². The van der Waals surface area contributed by atoms with Crippen molar-refractivity contribution in [2.24, 2.45) is 0 Å². The van der Waals surface area contributed by atoms with Gasteiger partial charge < -0.3 is 35.2 Å². The molecule has 2 rings (SSSR count). The summed E-state index contributed by atoms with van der Waals surface area (Å²) >= 11 is 0. The van der Waals surface area contributed by atoms with Crippen LogP contribution in [0.1, 0.15) is 37.9 Å². The minimum Gasteiger partial charge on any atom is -0.508 e. The lowest BCUT2D eigenvalue weighted by molar-refractivity contribution is -0.144. The average molecular weight is 542 g/mol. The number of phenolic OH excluding ortho intramolecular Hbond substituents is 2. The molecule has 0 radical (unpaired) electrons. The smallest absolute Gasteiger partial charge is 0.408 e. The number of phenols is 2. The van der Waals surface area contributed by atoms with Gasteiger partial charge in [-0.15, -0.1) is 6.58 Å². The number of ether oxygens (including phenoxy) is 2. The molecule has 0 aliphatic heterocycles. The van der Waals surface area contributed by atoms with Crippen LogP contribution in [0.25, 0.3) is 0 Å². The first-order valence-electron chi connectivity index (χ1n) is 12.2. The fourth-order valence-corrected chi connectivity index (χ4v) is 3.68. The van der Waals surface area contributed by atoms with E-state index in [4.69, 9.17) is 4.74 Å². The summed E-state index contributed by atoms with van der Waals surface area (Å²) in [6, 6.07) is 9.36. The molecule has 0 spiro atoms. The van der Waals surface area contributed by atoms with E-state index in [0.29, 0.717) is 5.56 Å². The Balaban J connectivity index is 2.52. The van der Waals surface area contributed by atoms with E-state index >= 15 is 0 Å². The standard InChI is InChI=1S/C28H35N3O8/c1-6-14-31(24(19-8-7-9-21(33)16-19)25(35)29-17-23(34)38-5)26(36)22(30-27(37)39-28(2,3)4)15-18-10-12-20(32)13-11-18/h6-13,16,22,24,32-33H,1,14-15,17H2,2-5H3,(H,29,35)(H,30,37). The molecule has 2 unspecified atom stereocenters. The van der Waals surface area contributed by atoms with Gasteiger partial charge in [0, 0.05) is 13.0 Å². The lowest BCUT2D eigenvalue weighted by atomic mass is 10.00. The molecule has 2 aromatic carbocycles. The van der Waals surface area contributed by atoms with Crippen molar-refractivity contribution in [3.63, 3.8) is 0 Å². The largest absolute Gasteiger partial charge is 0.508 e. The molecule has 2 aromatic rings. The molecule has 3 amide bonds. The molecular weight excluding hydrogens is 506 g/mol. The predicted octanol–water partition coefficient (Wildman–Crippen LogP) is 2.58. The Morgan fingerprint density at radius 1 is 1.05 bits per heavy atom. The molecule has 11 nitrogen and oxygen atoms in total. The zero-order valence-corrected chi connectivity index (χ0v) is 22.5. The SMILES string of the molecule is C=CCN(C(=O)C(Cc1ccc(O)cc1)NC(=O)OC(C)(C)C)C(C(=O)NCC(=O)OC)c1cccc(O)c1. The van der Waals surface area contributed by atoms with Crippen molar-refractivity contribution in [2.75, 3.05) is 20.2 Å². The van der Waals surface area contributed by atoms with E-state index in [-0.39, 0.29) is 30.0 Å². The summed E-state index contributed by atoms with van der Waals surface area (Å²) in [4.78, 5) is 52.9. The van der Waals surface area contributed by atoms with Crippen LogP contribution in [0.5, 0.6) is 11.5 Å². The Hall–Kier alpha value is -4.54. The molecule has 0 fully saturated rings. The van der Waals surface area contributed by atoms with Crippen LogP contribution in [0.15, 0.2) is 61.2 Å². The number of rotatable bonds is 11. The highest BCUT2D eigenvalue weighted by Gasteiger charge is 2.36. The Bertz CT molecular complexity index is 1170. The van der Waals surface area contributed by atoms with E-state index in [0.717, 1.165) is 0 Å². The number of nitrogens with one attached hydrogen (secondary N) is 2. The van der Waals surface area contributed by atoms with E-state index in [9.17, 15) is 29.4 Å². The summed E-state index contributed by atoms with van der Waals surface area (Å²) in [7, 11) is 1.17. The Morgan fingerprint density at radius 3 is 2.28 bits per heavy atom. The number of nitrogens with zero attached hydrogens (tertiary/aromatic N) is 1. The van der Waals surface area contributed by atoms with E-state index in [2.05, 4.69) is 21.9 Å². The van der Waals surface area contributed by atoms with Gasteiger partial charge in [0.25, 0.3) is 0 Å². The van der Waals surface area contributed by atoms with Crippen LogP contribution in [-0.4, -0.2) is 70.8 Å². The van der Waals surface area contributed by atoms with Gasteiger partial charge in [-0.2, -0.15) is 0 Å². The summed E-state index contributed by atoms with van der Waals surface area (Å²) in [5, 5.41) is 24.8. The number of esters is 1. The number of amides is 3. The number of methoxy groups -OCH3 is 1. The molecular formula is C28H35N3O8. The van der Waals surface area contributed by atoms with Crippen LogP contribution in [0.4, 0.5) is 4.79 Å². The van der Waals surface area contributed by atoms with Gasteiger partial charge in [-0.05, 0) is 56.2 Å². The first-order valence-corrected chi connectivity index (χ1v) is 12.2. The van der Waals surface area contributed by atoms with Gasteiger partial charge >= 0.3 is 12.1 Å². The fourth-order valence-electron chi connectivity index (χ4n) is 3.68. The van der Waals surface area contributed by atoms with Gasteiger partial charge in [0.2, 0.25) is 11.8 Å². The highest BCUT2D eigenvalue weighted by atomic mass is 16.6. The van der Waals surface area contributed by atoms with Gasteiger partial charge in [0.05, 0.1) is 7.11 Å². The van der Waals surface area contributed by atoms with Crippen molar-refractivity contribution in [2.45, 2.75) is 44.9 Å². The number of alkyl carbamates (subject to hydrolysis) is 1. The molecule has 0 aromatic heterocycles. The zero-order chi connectivity index (χ0) is 29.2. The lowest BCUT2D eigenvalue weighted by Crippen LogP contribution is -2.54. The first-order chi connectivity index (χ1) is 18.3. The molecule has 0 saturated heterocycles. The average Bonchev–Trinajstić information content (AvgIpc) is 2.86. The molecule has 11 heteroatoms. The van der Waals surface area contributed by atoms with Gasteiger partial charge in [0.15, 0.2) is 0 Å². The predicted molar refractivity (Wildman–Crippen MR) is 143 cm³/mol. The van der Waals surface area contributed by atoms with Crippen LogP contribution in [-0.2, 0) is 30.3 Å². The topological polar surface area (TPSA) is 154 Å². The van der Waals surface area contributed by atoms with Crippen LogP contribution < -0.4 is 10.6 Å². The zero-order valence-electron chi connectivity index (χ0n) is 22.5. The second kappa shape index (κ2) is 13.8. The maximum absolute atomic E-state index is 14.0. The third kappa shape index (κ3) is 9.69. The van der Waals surface area contributed by atoms with E-state index in [1.807, 2.05) is 0 Å². The first kappa shape index (κ1) is 30.7. The van der Waals surface area contributed by atoms with Gasteiger partial charge in [-0.25, -0.2) is 4.79 Å². The molecule has 39 heavy (non-hydrogen) atoms. The molecule has 210 valence electrons. The van der Waals surface area contributed by atoms with E-state index < -0.39 is 48.1 Å². The molecule has 0 aliphatic rings. The highest BCUT2D eigenvalue weighted by Crippen LogP contribution is 2.26. The van der Waals surface area contributed by atoms with E-state index in [1.54, 1.807) is 39.0 Å². The van der Waals surface area contributed by atoms with Crippen molar-refractivity contribution in [3.8, 4) is 11.5 Å². The summed E-state index contributed by atoms with van der Waals surface area (Å²) in [5.41, 5.74) is 0.0348. The minimum atomic E-state index is -1.31. The molecule has 0 heterocycles. The maximum Gasteiger partial charge on any atom is 0.408 e. The van der Waals surface area contributed by atoms with Crippen LogP contribution in [0.2, 0.25) is 0 Å². The Labute approximate surface area is 227 Å². The molecule has 0 aliphatic carbocycles. The normalized spacial score (nSPS) is 12.4. The van der Waals surface area contributed by atoms with Gasteiger partial charge in [0.1, 0.15) is 35.7 Å². The molecule has 4 N–H and O–H groups in total. The summed E-state index contributed by atoms with van der Waals surface area (Å²) < 4.78 is 9.94. The quantitative estimate of drug-likeness (QED) is 0.250. The fraction of sp³-hybridized carbons (Fsp3) is 0.357. The Kier molecular flexibility index (Phi) is 10.9. The molecule has 0 saturated carbocycles. The minimum absolute atomic E-state index is 0.00252. The molecule has 0 bridgehead atoms. The highest BCUT2D eigenvalue weighted by molar-refractivity contribution is 5.93. The summed E-state index contributed by atoms with van der Waals surface area (Å²) in [5.74, 6) is -2.19. The monoisotopic (exact) mass is 541 g/mol. The van der Waals surface area contributed by atoms with Crippen LogP contribution >= 0.6 is 0 Å². The number of aromatic hydroxyl groups is 2. The Morgan fingerprint density at radius 2 is 1.72 bits per heavy atom. The van der Waals surface area contributed by atoms with E-state index in [1.165, 1.54) is 48.4 Å². The van der Waals surface area contributed by atoms with Gasteiger partial charge in [-0.3, -0.25) is 14.4 Å². The van der Waals surface area contributed by atoms with Crippen molar-refractivity contribution in [3.05, 3.63) is 72.3 Å². The number of benzene rings is 2. The third-order valence-corrected chi connectivity index (χ3v) is 5.35. The van der Waals surface area contributed by atoms with Crippen molar-refractivity contribution in [1.29, 1.82) is 0 Å². The second-order valence-corrected chi connectivity index (χ2v) is 9.64. The van der Waals surface area contributed by atoms with Crippen molar-refractivity contribution >= 4 is 23.9 Å². The lowest BCUT2D eigenvalue weighted by Gasteiger charge is -2.34. The molecule has 2 atom stereocenters. The number of carbonyl (C=O) groups is 4. The summed E-state index contributed by atoms with van der Waals surface area (Å²) in [6.07, 6.45) is 0.566. The van der Waals surface area contributed by atoms with Crippen LogP contribution in [0.3, 0.4) is 0 Å². The number of carbonyl (C=O) groups excluding carboxylic acids is 4. The van der Waals surface area contributed by atoms with Crippen molar-refractivity contribution in [1.82, 2.24) is 15.5 Å². The third-order valence-electron chi connectivity index (χ3n) is 5.35. The summed E-state index contributed by atoms with van der Waals surface area (Å²) in [6.45, 7) is 8.16. The number of hydrogen-bond acceptors (Lipinski definition) is 8. The maximum atomic E-state index is 14.0.